The second-order valence-corrected chi connectivity index (χ2v) is 8.47. The number of halogens is 1. The SMILES string of the molecule is O=C(Cc1noc2ccccc12)N1CCC(Oc2nc3c(Cl)cccc3s2)CC1. The van der Waals surface area contributed by atoms with E-state index in [4.69, 9.17) is 20.9 Å². The van der Waals surface area contributed by atoms with Gasteiger partial charge in [-0.3, -0.25) is 4.79 Å². The van der Waals surface area contributed by atoms with Crippen LogP contribution in [0.3, 0.4) is 0 Å². The maximum Gasteiger partial charge on any atom is 0.274 e. The molecule has 1 amide bonds. The quantitative estimate of drug-likeness (QED) is 0.472. The van der Waals surface area contributed by atoms with E-state index >= 15 is 0 Å². The minimum Gasteiger partial charge on any atom is -0.467 e. The largest absolute Gasteiger partial charge is 0.467 e. The third kappa shape index (κ3) is 3.68. The summed E-state index contributed by atoms with van der Waals surface area (Å²) in [5.41, 5.74) is 2.18. The Morgan fingerprint density at radius 3 is 2.86 bits per heavy atom. The highest BCUT2D eigenvalue weighted by molar-refractivity contribution is 7.20. The summed E-state index contributed by atoms with van der Waals surface area (Å²) in [6, 6.07) is 13.3. The van der Waals surface area contributed by atoms with E-state index in [1.165, 1.54) is 11.3 Å². The second-order valence-electron chi connectivity index (χ2n) is 7.07. The Kier molecular flexibility index (Phi) is 4.85. The third-order valence-corrected chi connectivity index (χ3v) is 6.40. The zero-order chi connectivity index (χ0) is 19.8. The molecule has 29 heavy (non-hydrogen) atoms. The van der Waals surface area contributed by atoms with Crippen LogP contribution in [0.2, 0.25) is 5.02 Å². The van der Waals surface area contributed by atoms with Crippen molar-refractivity contribution < 1.29 is 14.1 Å². The standard InChI is InChI=1S/C21H18ClN3O3S/c22-15-5-3-7-18-20(15)23-21(29-18)27-13-8-10-25(11-9-13)19(26)12-16-14-4-1-2-6-17(14)28-24-16/h1-7,13H,8-12H2. The number of carbonyl (C=O) groups is 1. The fourth-order valence-corrected chi connectivity index (χ4v) is 4.81. The number of thiazole rings is 1. The number of para-hydroxylation sites is 2. The van der Waals surface area contributed by atoms with Crippen molar-refractivity contribution in [1.29, 1.82) is 0 Å². The summed E-state index contributed by atoms with van der Waals surface area (Å²) < 4.78 is 12.4. The van der Waals surface area contributed by atoms with E-state index in [0.717, 1.165) is 28.4 Å². The number of nitrogens with zero attached hydrogens (tertiary/aromatic N) is 3. The average Bonchev–Trinajstić information content (AvgIpc) is 3.33. The van der Waals surface area contributed by atoms with Crippen molar-refractivity contribution in [3.05, 3.63) is 53.2 Å². The molecule has 148 valence electrons. The monoisotopic (exact) mass is 427 g/mol. The Balaban J connectivity index is 1.19. The van der Waals surface area contributed by atoms with Crippen LogP contribution in [-0.2, 0) is 11.2 Å². The van der Waals surface area contributed by atoms with Gasteiger partial charge in [0.05, 0.1) is 16.1 Å². The van der Waals surface area contributed by atoms with Gasteiger partial charge in [-0.25, -0.2) is 4.98 Å². The first kappa shape index (κ1) is 18.4. The van der Waals surface area contributed by atoms with Gasteiger partial charge in [-0.05, 0) is 24.3 Å². The molecule has 5 rings (SSSR count). The molecule has 0 N–H and O–H groups in total. The molecule has 0 spiro atoms. The molecule has 1 saturated heterocycles. The van der Waals surface area contributed by atoms with Gasteiger partial charge in [0.2, 0.25) is 5.91 Å². The number of rotatable bonds is 4. The molecular weight excluding hydrogens is 410 g/mol. The van der Waals surface area contributed by atoms with Crippen LogP contribution in [0.25, 0.3) is 21.2 Å². The number of likely N-dealkylation sites (tertiary alicyclic amines) is 1. The zero-order valence-corrected chi connectivity index (χ0v) is 17.1. The van der Waals surface area contributed by atoms with Crippen LogP contribution in [0.15, 0.2) is 47.0 Å². The van der Waals surface area contributed by atoms with E-state index in [2.05, 4.69) is 10.1 Å². The number of carbonyl (C=O) groups excluding carboxylic acids is 1. The predicted molar refractivity (Wildman–Crippen MR) is 113 cm³/mol. The van der Waals surface area contributed by atoms with Gasteiger partial charge in [-0.2, -0.15) is 0 Å². The average molecular weight is 428 g/mol. The normalized spacial score (nSPS) is 15.3. The van der Waals surface area contributed by atoms with Crippen LogP contribution < -0.4 is 4.74 Å². The number of ether oxygens (including phenoxy) is 1. The Labute approximate surface area is 176 Å². The van der Waals surface area contributed by atoms with Gasteiger partial charge in [-0.1, -0.05) is 46.3 Å². The van der Waals surface area contributed by atoms with E-state index < -0.39 is 0 Å². The number of benzene rings is 2. The third-order valence-electron chi connectivity index (χ3n) is 5.18. The Bertz CT molecular complexity index is 1180. The Morgan fingerprint density at radius 2 is 2.03 bits per heavy atom. The van der Waals surface area contributed by atoms with Crippen molar-refractivity contribution in [2.24, 2.45) is 0 Å². The number of aromatic nitrogens is 2. The summed E-state index contributed by atoms with van der Waals surface area (Å²) in [5.74, 6) is 0.0641. The van der Waals surface area contributed by atoms with E-state index in [0.29, 0.717) is 34.6 Å². The molecule has 0 bridgehead atoms. The van der Waals surface area contributed by atoms with Crippen LogP contribution in [0, 0.1) is 0 Å². The zero-order valence-electron chi connectivity index (χ0n) is 15.5. The summed E-state index contributed by atoms with van der Waals surface area (Å²) in [6.45, 7) is 1.32. The van der Waals surface area contributed by atoms with Crippen LogP contribution in [0.5, 0.6) is 5.19 Å². The Hall–Kier alpha value is -2.64. The van der Waals surface area contributed by atoms with Crippen molar-refractivity contribution in [2.75, 3.05) is 13.1 Å². The van der Waals surface area contributed by atoms with E-state index in [9.17, 15) is 4.79 Å². The van der Waals surface area contributed by atoms with Gasteiger partial charge in [0, 0.05) is 31.3 Å². The highest BCUT2D eigenvalue weighted by atomic mass is 35.5. The molecule has 4 aromatic rings. The van der Waals surface area contributed by atoms with Crippen molar-refractivity contribution in [1.82, 2.24) is 15.0 Å². The molecule has 2 aromatic carbocycles. The Morgan fingerprint density at radius 1 is 1.21 bits per heavy atom. The molecule has 1 fully saturated rings. The van der Waals surface area contributed by atoms with Crippen LogP contribution in [0.4, 0.5) is 0 Å². The summed E-state index contributed by atoms with van der Waals surface area (Å²) >= 11 is 7.69. The fraction of sp³-hybridized carbons (Fsp3) is 0.286. The second kappa shape index (κ2) is 7.65. The molecular formula is C21H18ClN3O3S. The molecule has 0 saturated carbocycles. The minimum absolute atomic E-state index is 0.0475. The highest BCUT2D eigenvalue weighted by Gasteiger charge is 2.26. The number of amides is 1. The van der Waals surface area contributed by atoms with Crippen molar-refractivity contribution in [3.63, 3.8) is 0 Å². The summed E-state index contributed by atoms with van der Waals surface area (Å²) in [6.07, 6.45) is 1.84. The number of hydrogen-bond donors (Lipinski definition) is 0. The van der Waals surface area contributed by atoms with Gasteiger partial charge >= 0.3 is 0 Å². The molecule has 8 heteroatoms. The van der Waals surface area contributed by atoms with E-state index in [1.54, 1.807) is 0 Å². The lowest BCUT2D eigenvalue weighted by Gasteiger charge is -2.31. The van der Waals surface area contributed by atoms with Gasteiger partial charge < -0.3 is 14.2 Å². The molecule has 1 aliphatic heterocycles. The summed E-state index contributed by atoms with van der Waals surface area (Å²) in [7, 11) is 0. The maximum atomic E-state index is 12.7. The number of piperidine rings is 1. The van der Waals surface area contributed by atoms with Gasteiger partial charge in [0.1, 0.15) is 17.3 Å². The molecule has 2 aromatic heterocycles. The van der Waals surface area contributed by atoms with Gasteiger partial charge in [0.25, 0.3) is 5.19 Å². The molecule has 0 radical (unpaired) electrons. The lowest BCUT2D eigenvalue weighted by Crippen LogP contribution is -2.42. The van der Waals surface area contributed by atoms with Crippen LogP contribution in [-0.4, -0.2) is 40.1 Å². The van der Waals surface area contributed by atoms with Crippen LogP contribution in [0.1, 0.15) is 18.5 Å². The van der Waals surface area contributed by atoms with Crippen molar-refractivity contribution in [3.8, 4) is 5.19 Å². The topological polar surface area (TPSA) is 68.5 Å². The maximum absolute atomic E-state index is 12.7. The highest BCUT2D eigenvalue weighted by Crippen LogP contribution is 2.33. The molecule has 0 aliphatic carbocycles. The molecule has 0 atom stereocenters. The summed E-state index contributed by atoms with van der Waals surface area (Å²) in [5, 5.41) is 6.23. The predicted octanol–water partition coefficient (Wildman–Crippen LogP) is 4.70. The molecule has 6 nitrogen and oxygen atoms in total. The first-order valence-electron chi connectivity index (χ1n) is 9.50. The van der Waals surface area contributed by atoms with Gasteiger partial charge in [0.15, 0.2) is 5.58 Å². The smallest absolute Gasteiger partial charge is 0.274 e. The minimum atomic E-state index is 0.0475. The molecule has 1 aliphatic rings. The van der Waals surface area contributed by atoms with E-state index in [-0.39, 0.29) is 18.4 Å². The van der Waals surface area contributed by atoms with E-state index in [1.807, 2.05) is 47.4 Å². The molecule has 0 unspecified atom stereocenters. The number of fused-ring (bicyclic) bond motifs is 2. The molecule has 3 heterocycles. The first-order valence-corrected chi connectivity index (χ1v) is 10.7. The van der Waals surface area contributed by atoms with Crippen molar-refractivity contribution >= 4 is 50.0 Å². The first-order chi connectivity index (χ1) is 14.2. The lowest BCUT2D eigenvalue weighted by molar-refractivity contribution is -0.132. The van der Waals surface area contributed by atoms with Crippen LogP contribution >= 0.6 is 22.9 Å². The lowest BCUT2D eigenvalue weighted by atomic mass is 10.1. The van der Waals surface area contributed by atoms with Crippen molar-refractivity contribution in [2.45, 2.75) is 25.4 Å². The number of hydrogen-bond acceptors (Lipinski definition) is 6. The summed E-state index contributed by atoms with van der Waals surface area (Å²) in [4.78, 5) is 19.1. The van der Waals surface area contributed by atoms with Gasteiger partial charge in [-0.15, -0.1) is 0 Å². The fourth-order valence-electron chi connectivity index (χ4n) is 3.63.